The van der Waals surface area contributed by atoms with Gasteiger partial charge in [0.1, 0.15) is 23.2 Å². The maximum absolute atomic E-state index is 14.9. The number of carboxylic acid groups (broad SMARTS) is 1. The molecule has 4 rings (SSSR count). The van der Waals surface area contributed by atoms with Gasteiger partial charge in [0.25, 0.3) is 0 Å². The Hall–Kier alpha value is -2.99. The third-order valence-corrected chi connectivity index (χ3v) is 8.93. The number of aliphatic hydroxyl groups is 1. The van der Waals surface area contributed by atoms with Crippen LogP contribution in [0.4, 0.5) is 4.39 Å². The van der Waals surface area contributed by atoms with Crippen molar-refractivity contribution >= 4 is 38.5 Å². The number of nitrogens with zero attached hydrogens (tertiary/aromatic N) is 2. The summed E-state index contributed by atoms with van der Waals surface area (Å²) in [5.41, 5.74) is -0.0980. The van der Waals surface area contributed by atoms with Crippen LogP contribution in [0.2, 0.25) is 5.02 Å². The van der Waals surface area contributed by atoms with Gasteiger partial charge >= 0.3 is 5.97 Å². The van der Waals surface area contributed by atoms with Crippen molar-refractivity contribution in [3.05, 3.63) is 74.3 Å². The Morgan fingerprint density at radius 1 is 1.20 bits per heavy atom. The third-order valence-electron chi connectivity index (χ3n) is 7.33. The number of fused-ring (bicyclic) bond motifs is 1. The smallest absolute Gasteiger partial charge is 0.341 e. The van der Waals surface area contributed by atoms with Crippen LogP contribution in [-0.4, -0.2) is 65.5 Å². The number of sulfonamides is 1. The molecule has 0 radical (unpaired) electrons. The number of aliphatic hydroxyl groups excluding tert-OH is 1. The Kier molecular flexibility index (Phi) is 8.89. The van der Waals surface area contributed by atoms with Gasteiger partial charge in [-0.05, 0) is 42.0 Å². The summed E-state index contributed by atoms with van der Waals surface area (Å²) in [5, 5.41) is 19.9. The van der Waals surface area contributed by atoms with E-state index in [4.69, 9.17) is 16.3 Å². The maximum atomic E-state index is 14.9. The van der Waals surface area contributed by atoms with E-state index in [9.17, 15) is 32.6 Å². The Labute approximate surface area is 236 Å². The van der Waals surface area contributed by atoms with Crippen LogP contribution >= 0.6 is 11.6 Å². The quantitative estimate of drug-likeness (QED) is 0.382. The molecule has 1 aliphatic rings. The van der Waals surface area contributed by atoms with E-state index in [1.807, 2.05) is 13.8 Å². The molecule has 0 aliphatic carbocycles. The van der Waals surface area contributed by atoms with Crippen molar-refractivity contribution < 1.29 is 32.6 Å². The Bertz CT molecular complexity index is 1600. The zero-order valence-electron chi connectivity index (χ0n) is 22.4. The molecule has 1 fully saturated rings. The first-order chi connectivity index (χ1) is 18.8. The molecule has 0 saturated carbocycles. The van der Waals surface area contributed by atoms with E-state index < -0.39 is 38.8 Å². The molecular formula is C28H32ClFN2O7S. The first-order valence-electron chi connectivity index (χ1n) is 12.9. The lowest BCUT2D eigenvalue weighted by Crippen LogP contribution is -2.41. The van der Waals surface area contributed by atoms with Gasteiger partial charge in [-0.15, -0.1) is 0 Å². The summed E-state index contributed by atoms with van der Waals surface area (Å²) in [5.74, 6) is -1.78. The highest BCUT2D eigenvalue weighted by molar-refractivity contribution is 7.88. The molecule has 9 nitrogen and oxygen atoms in total. The number of ether oxygens (including phenoxy) is 1. The van der Waals surface area contributed by atoms with Crippen LogP contribution in [0.1, 0.15) is 54.2 Å². The largest absolute Gasteiger partial charge is 0.490 e. The highest BCUT2D eigenvalue weighted by Gasteiger charge is 2.28. The minimum absolute atomic E-state index is 0.00417. The van der Waals surface area contributed by atoms with E-state index >= 15 is 0 Å². The summed E-state index contributed by atoms with van der Waals surface area (Å²) in [6, 6.07) is 7.18. The molecule has 0 unspecified atom stereocenters. The topological polar surface area (TPSA) is 126 Å². The number of benzene rings is 2. The summed E-state index contributed by atoms with van der Waals surface area (Å²) in [6.45, 7) is 4.00. The molecule has 2 aromatic carbocycles. The fourth-order valence-corrected chi connectivity index (χ4v) is 6.14. The van der Waals surface area contributed by atoms with E-state index in [1.54, 1.807) is 22.8 Å². The number of halogens is 2. The maximum Gasteiger partial charge on any atom is 0.341 e. The van der Waals surface area contributed by atoms with Crippen molar-refractivity contribution in [2.45, 2.75) is 45.3 Å². The van der Waals surface area contributed by atoms with Crippen LogP contribution in [0.5, 0.6) is 5.75 Å². The Balaban J connectivity index is 1.89. The molecule has 1 atom stereocenters. The number of rotatable bonds is 9. The van der Waals surface area contributed by atoms with Gasteiger partial charge < -0.3 is 19.5 Å². The van der Waals surface area contributed by atoms with Crippen LogP contribution in [-0.2, 0) is 16.4 Å². The monoisotopic (exact) mass is 594 g/mol. The van der Waals surface area contributed by atoms with Crippen LogP contribution < -0.4 is 10.2 Å². The average Bonchev–Trinajstić information content (AvgIpc) is 2.88. The molecule has 2 heterocycles. The lowest BCUT2D eigenvalue weighted by atomic mass is 9.98. The van der Waals surface area contributed by atoms with Crippen LogP contribution in [0.25, 0.3) is 10.9 Å². The highest BCUT2D eigenvalue weighted by atomic mass is 35.5. The van der Waals surface area contributed by atoms with E-state index in [1.165, 1.54) is 22.6 Å². The predicted octanol–water partition coefficient (Wildman–Crippen LogP) is 4.08. The molecule has 0 amide bonds. The van der Waals surface area contributed by atoms with Crippen molar-refractivity contribution in [2.75, 3.05) is 26.0 Å². The van der Waals surface area contributed by atoms with E-state index in [0.29, 0.717) is 29.7 Å². The first kappa shape index (κ1) is 30.0. The number of hydrogen-bond donors (Lipinski definition) is 2. The van der Waals surface area contributed by atoms with Gasteiger partial charge in [-0.1, -0.05) is 37.6 Å². The molecule has 2 N–H and O–H groups in total. The molecule has 40 heavy (non-hydrogen) atoms. The molecule has 216 valence electrons. The van der Waals surface area contributed by atoms with Crippen molar-refractivity contribution in [1.82, 2.24) is 8.87 Å². The summed E-state index contributed by atoms with van der Waals surface area (Å²) in [6.07, 6.45) is 2.89. The van der Waals surface area contributed by atoms with E-state index in [2.05, 4.69) is 0 Å². The number of aromatic nitrogens is 1. The number of carbonyl (C=O) groups is 1. The van der Waals surface area contributed by atoms with Gasteiger partial charge in [0.15, 0.2) is 0 Å². The summed E-state index contributed by atoms with van der Waals surface area (Å²) in [4.78, 5) is 25.3. The van der Waals surface area contributed by atoms with Crippen molar-refractivity contribution in [3.8, 4) is 5.75 Å². The van der Waals surface area contributed by atoms with Crippen LogP contribution in [0.3, 0.4) is 0 Å². The zero-order chi connectivity index (χ0) is 29.4. The third kappa shape index (κ3) is 6.17. The fraction of sp³-hybridized carbons (Fsp3) is 0.429. The van der Waals surface area contributed by atoms with Gasteiger partial charge in [0.2, 0.25) is 15.5 Å². The SMILES string of the molecule is CC(C)[C@@H](CO)n1cc(C(=O)O)c(=O)c2cc(Cc3cccc(Cl)c3F)c(OC3CCN(S(C)(=O)=O)CC3)cc21. The number of pyridine rings is 1. The standard InChI is InChI=1S/C28H32ClFN2O7S/c1-16(2)24(15-33)32-14-21(28(35)36)27(34)20-12-18(11-17-5-4-6-22(29)26(17)30)25(13-23(20)32)39-19-7-9-31(10-8-19)40(3,37)38/h4-6,12-14,16,19,24,33H,7-11,15H2,1-3H3,(H,35,36)/t24-/m1/s1. The molecule has 0 spiro atoms. The Morgan fingerprint density at radius 3 is 2.45 bits per heavy atom. The molecule has 3 aromatic rings. The van der Waals surface area contributed by atoms with Gasteiger partial charge in [-0.2, -0.15) is 0 Å². The highest BCUT2D eigenvalue weighted by Crippen LogP contribution is 2.33. The summed E-state index contributed by atoms with van der Waals surface area (Å²) < 4.78 is 48.1. The van der Waals surface area contributed by atoms with Gasteiger partial charge in [-0.3, -0.25) is 4.79 Å². The molecule has 0 bridgehead atoms. The molecule has 1 saturated heterocycles. The first-order valence-corrected chi connectivity index (χ1v) is 15.1. The van der Waals surface area contributed by atoms with Crippen LogP contribution in [0.15, 0.2) is 41.3 Å². The number of hydrogen-bond acceptors (Lipinski definition) is 6. The van der Waals surface area contributed by atoms with Gasteiger partial charge in [0.05, 0.1) is 29.4 Å². The lowest BCUT2D eigenvalue weighted by Gasteiger charge is -2.31. The molecule has 12 heteroatoms. The molecule has 1 aromatic heterocycles. The van der Waals surface area contributed by atoms with Crippen molar-refractivity contribution in [1.29, 1.82) is 0 Å². The number of aromatic carboxylic acids is 1. The van der Waals surface area contributed by atoms with Gasteiger partial charge in [-0.25, -0.2) is 21.9 Å². The molecular weight excluding hydrogens is 563 g/mol. The summed E-state index contributed by atoms with van der Waals surface area (Å²) in [7, 11) is -3.34. The Morgan fingerprint density at radius 2 is 1.88 bits per heavy atom. The predicted molar refractivity (Wildman–Crippen MR) is 150 cm³/mol. The zero-order valence-corrected chi connectivity index (χ0v) is 24.0. The number of carboxylic acids is 1. The second-order valence-electron chi connectivity index (χ2n) is 10.4. The van der Waals surface area contributed by atoms with E-state index in [-0.39, 0.29) is 54.1 Å². The van der Waals surface area contributed by atoms with Crippen molar-refractivity contribution in [2.24, 2.45) is 5.92 Å². The van der Waals surface area contributed by atoms with Gasteiger partial charge in [0, 0.05) is 37.2 Å². The minimum Gasteiger partial charge on any atom is -0.490 e. The summed E-state index contributed by atoms with van der Waals surface area (Å²) >= 11 is 6.00. The lowest BCUT2D eigenvalue weighted by molar-refractivity contribution is 0.0694. The van der Waals surface area contributed by atoms with Crippen molar-refractivity contribution in [3.63, 3.8) is 0 Å². The molecule has 1 aliphatic heterocycles. The second kappa shape index (κ2) is 11.9. The minimum atomic E-state index is -3.34. The fourth-order valence-electron chi connectivity index (χ4n) is 5.07. The normalized spacial score (nSPS) is 16.0. The van der Waals surface area contributed by atoms with Crippen LogP contribution in [0, 0.1) is 11.7 Å². The van der Waals surface area contributed by atoms with E-state index in [0.717, 1.165) is 6.26 Å². The average molecular weight is 595 g/mol. The number of piperidine rings is 1. The second-order valence-corrected chi connectivity index (χ2v) is 12.8.